The summed E-state index contributed by atoms with van der Waals surface area (Å²) in [5.41, 5.74) is 1.15. The highest BCUT2D eigenvalue weighted by molar-refractivity contribution is 7.18. The normalized spacial score (nSPS) is 25.6. The highest BCUT2D eigenvalue weighted by atomic mass is 32.1. The number of rotatable bonds is 1. The number of thiophene rings is 1. The van der Waals surface area contributed by atoms with Gasteiger partial charge in [0.15, 0.2) is 0 Å². The smallest absolute Gasteiger partial charge is 0.121 e. The fraction of sp³-hybridized carbons (Fsp3) is 0.615. The maximum Gasteiger partial charge on any atom is 0.121 e. The fourth-order valence-corrected chi connectivity index (χ4v) is 4.03. The number of nitrogens with zero attached hydrogens (tertiary/aromatic N) is 2. The van der Waals surface area contributed by atoms with Crippen LogP contribution in [0.1, 0.15) is 29.8 Å². The molecular formula is C13H19N3S. The van der Waals surface area contributed by atoms with E-state index in [2.05, 4.69) is 30.3 Å². The molecule has 2 aromatic rings. The number of piperidine rings is 1. The Kier molecular flexibility index (Phi) is 2.71. The third kappa shape index (κ3) is 1.89. The van der Waals surface area contributed by atoms with Crippen LogP contribution >= 0.6 is 11.3 Å². The summed E-state index contributed by atoms with van der Waals surface area (Å²) in [6.07, 6.45) is 1.31. The molecule has 0 aliphatic carbocycles. The average Bonchev–Trinajstić information content (AvgIpc) is 2.82. The van der Waals surface area contributed by atoms with Crippen molar-refractivity contribution >= 4 is 21.6 Å². The van der Waals surface area contributed by atoms with E-state index in [0.717, 1.165) is 18.2 Å². The van der Waals surface area contributed by atoms with E-state index in [1.54, 1.807) is 0 Å². The molecule has 92 valence electrons. The quantitative estimate of drug-likeness (QED) is 0.842. The molecule has 0 aromatic carbocycles. The molecule has 17 heavy (non-hydrogen) atoms. The van der Waals surface area contributed by atoms with Gasteiger partial charge in [0.1, 0.15) is 4.83 Å². The highest BCUT2D eigenvalue weighted by Crippen LogP contribution is 2.36. The van der Waals surface area contributed by atoms with Crippen molar-refractivity contribution in [1.82, 2.24) is 15.1 Å². The molecule has 0 amide bonds. The molecular weight excluding hydrogens is 230 g/mol. The van der Waals surface area contributed by atoms with Gasteiger partial charge in [-0.25, -0.2) is 0 Å². The van der Waals surface area contributed by atoms with E-state index in [9.17, 15) is 0 Å². The third-order valence-corrected chi connectivity index (χ3v) is 5.05. The number of aromatic nitrogens is 2. The standard InChI is InChI=1S/C13H19N3S/c1-8-4-10(7-14-6-8)12-5-11-9(2)15-16(3)13(11)17-12/h5,8,10,14H,4,6-7H2,1-3H3. The first-order chi connectivity index (χ1) is 8.15. The van der Waals surface area contributed by atoms with Crippen molar-refractivity contribution in [3.05, 3.63) is 16.6 Å². The van der Waals surface area contributed by atoms with Crippen molar-refractivity contribution in [1.29, 1.82) is 0 Å². The second-order valence-electron chi connectivity index (χ2n) is 5.27. The Bertz CT molecular complexity index is 506. The molecule has 0 spiro atoms. The summed E-state index contributed by atoms with van der Waals surface area (Å²) < 4.78 is 2.01. The average molecular weight is 249 g/mol. The van der Waals surface area contributed by atoms with E-state index < -0.39 is 0 Å². The summed E-state index contributed by atoms with van der Waals surface area (Å²) in [4.78, 5) is 2.84. The van der Waals surface area contributed by atoms with Crippen LogP contribution in [0.4, 0.5) is 0 Å². The van der Waals surface area contributed by atoms with E-state index in [0.29, 0.717) is 5.92 Å². The molecule has 2 unspecified atom stereocenters. The van der Waals surface area contributed by atoms with Crippen molar-refractivity contribution < 1.29 is 0 Å². The minimum atomic E-state index is 0.690. The minimum absolute atomic E-state index is 0.690. The van der Waals surface area contributed by atoms with Gasteiger partial charge in [-0.3, -0.25) is 4.68 Å². The van der Waals surface area contributed by atoms with Crippen LogP contribution in [0.15, 0.2) is 6.07 Å². The Hall–Kier alpha value is -0.870. The number of nitrogens with one attached hydrogen (secondary N) is 1. The van der Waals surface area contributed by atoms with Gasteiger partial charge >= 0.3 is 0 Å². The van der Waals surface area contributed by atoms with E-state index in [-0.39, 0.29) is 0 Å². The van der Waals surface area contributed by atoms with Crippen molar-refractivity contribution in [3.63, 3.8) is 0 Å². The lowest BCUT2D eigenvalue weighted by Gasteiger charge is -2.26. The summed E-state index contributed by atoms with van der Waals surface area (Å²) in [5, 5.41) is 9.33. The highest BCUT2D eigenvalue weighted by Gasteiger charge is 2.22. The van der Waals surface area contributed by atoms with Gasteiger partial charge in [0.2, 0.25) is 0 Å². The topological polar surface area (TPSA) is 29.9 Å². The molecule has 2 atom stereocenters. The molecule has 3 rings (SSSR count). The van der Waals surface area contributed by atoms with Gasteiger partial charge in [-0.1, -0.05) is 6.92 Å². The number of hydrogen-bond donors (Lipinski definition) is 1. The summed E-state index contributed by atoms with van der Waals surface area (Å²) in [7, 11) is 2.04. The Morgan fingerprint density at radius 3 is 3.00 bits per heavy atom. The summed E-state index contributed by atoms with van der Waals surface area (Å²) in [6, 6.07) is 2.35. The van der Waals surface area contributed by atoms with Crippen molar-refractivity contribution in [2.75, 3.05) is 13.1 Å². The minimum Gasteiger partial charge on any atom is -0.316 e. The Morgan fingerprint density at radius 2 is 2.29 bits per heavy atom. The maximum atomic E-state index is 4.46. The van der Waals surface area contributed by atoms with Crippen LogP contribution in [0.3, 0.4) is 0 Å². The zero-order chi connectivity index (χ0) is 12.0. The number of aryl methyl sites for hydroxylation is 2. The van der Waals surface area contributed by atoms with E-state index >= 15 is 0 Å². The number of hydrogen-bond acceptors (Lipinski definition) is 3. The Labute approximate surface area is 106 Å². The van der Waals surface area contributed by atoms with Gasteiger partial charge in [-0.05, 0) is 31.9 Å². The van der Waals surface area contributed by atoms with Crippen molar-refractivity contribution in [2.24, 2.45) is 13.0 Å². The van der Waals surface area contributed by atoms with E-state index in [4.69, 9.17) is 0 Å². The molecule has 0 bridgehead atoms. The van der Waals surface area contributed by atoms with Gasteiger partial charge in [-0.15, -0.1) is 11.3 Å². The zero-order valence-corrected chi connectivity index (χ0v) is 11.5. The molecule has 1 fully saturated rings. The van der Waals surface area contributed by atoms with E-state index in [1.165, 1.54) is 28.1 Å². The molecule has 0 saturated carbocycles. The monoisotopic (exact) mass is 249 g/mol. The maximum absolute atomic E-state index is 4.46. The van der Waals surface area contributed by atoms with Crippen molar-refractivity contribution in [3.8, 4) is 0 Å². The van der Waals surface area contributed by atoms with Crippen molar-refractivity contribution in [2.45, 2.75) is 26.2 Å². The van der Waals surface area contributed by atoms with Crippen LogP contribution < -0.4 is 5.32 Å². The second kappa shape index (κ2) is 4.10. The molecule has 4 heteroatoms. The van der Waals surface area contributed by atoms with Crippen LogP contribution in [0.5, 0.6) is 0 Å². The summed E-state index contributed by atoms with van der Waals surface area (Å²) in [5.74, 6) is 1.48. The Balaban J connectivity index is 1.97. The lowest BCUT2D eigenvalue weighted by molar-refractivity contribution is 0.367. The lowest BCUT2D eigenvalue weighted by atomic mass is 9.91. The largest absolute Gasteiger partial charge is 0.316 e. The number of fused-ring (bicyclic) bond motifs is 1. The predicted octanol–water partition coefficient (Wildman–Crippen LogP) is 2.66. The predicted molar refractivity (Wildman–Crippen MR) is 72.7 cm³/mol. The van der Waals surface area contributed by atoms with Crippen LogP contribution in [-0.4, -0.2) is 22.9 Å². The Morgan fingerprint density at radius 1 is 1.47 bits per heavy atom. The molecule has 3 heterocycles. The van der Waals surface area contributed by atoms with E-state index in [1.807, 2.05) is 23.1 Å². The zero-order valence-electron chi connectivity index (χ0n) is 10.7. The summed E-state index contributed by atoms with van der Waals surface area (Å²) >= 11 is 1.91. The molecule has 3 nitrogen and oxygen atoms in total. The lowest BCUT2D eigenvalue weighted by Crippen LogP contribution is -2.33. The third-order valence-electron chi connectivity index (χ3n) is 3.69. The van der Waals surface area contributed by atoms with Gasteiger partial charge in [0.25, 0.3) is 0 Å². The molecule has 2 aromatic heterocycles. The van der Waals surface area contributed by atoms with Crippen LogP contribution in [0, 0.1) is 12.8 Å². The first kappa shape index (κ1) is 11.2. The van der Waals surface area contributed by atoms with Crippen LogP contribution in [0.2, 0.25) is 0 Å². The first-order valence-corrected chi connectivity index (χ1v) is 7.10. The molecule has 1 N–H and O–H groups in total. The summed E-state index contributed by atoms with van der Waals surface area (Å²) in [6.45, 7) is 6.73. The van der Waals surface area contributed by atoms with Gasteiger partial charge in [0, 0.05) is 29.8 Å². The van der Waals surface area contributed by atoms with Crippen LogP contribution in [0.25, 0.3) is 10.2 Å². The molecule has 1 saturated heterocycles. The van der Waals surface area contributed by atoms with Gasteiger partial charge < -0.3 is 5.32 Å². The van der Waals surface area contributed by atoms with Gasteiger partial charge in [-0.2, -0.15) is 5.10 Å². The fourth-order valence-electron chi connectivity index (χ4n) is 2.80. The molecule has 1 aliphatic rings. The SMILES string of the molecule is Cc1nn(C)c2sc(C3CNCC(C)C3)cc12. The molecule has 1 aliphatic heterocycles. The molecule has 0 radical (unpaired) electrons. The first-order valence-electron chi connectivity index (χ1n) is 6.29. The van der Waals surface area contributed by atoms with Gasteiger partial charge in [0.05, 0.1) is 5.69 Å². The second-order valence-corrected chi connectivity index (χ2v) is 6.33. The van der Waals surface area contributed by atoms with Crippen LogP contribution in [-0.2, 0) is 7.05 Å².